The van der Waals surface area contributed by atoms with Crippen LogP contribution < -0.4 is 0 Å². The van der Waals surface area contributed by atoms with E-state index in [9.17, 15) is 24.8 Å². The third kappa shape index (κ3) is 4.18. The van der Waals surface area contributed by atoms with Crippen molar-refractivity contribution in [3.63, 3.8) is 0 Å². The van der Waals surface area contributed by atoms with Crippen LogP contribution in [0.4, 0.5) is 11.4 Å². The van der Waals surface area contributed by atoms with Gasteiger partial charge in [-0.15, -0.1) is 10.2 Å². The molecule has 0 saturated heterocycles. The van der Waals surface area contributed by atoms with E-state index in [1.807, 2.05) is 0 Å². The summed E-state index contributed by atoms with van der Waals surface area (Å²) in [6.45, 7) is 6.79. The lowest BCUT2D eigenvalue weighted by atomic mass is 9.70. The SMILES string of the molecule is CCOC(=O)C1C(O)=C(/N=N/c2ccc(C)cc2[N+](=O)[O-])C(=O)CC1(C)C. The predicted octanol–water partition coefficient (Wildman–Crippen LogP) is 3.93. The molecule has 1 unspecified atom stereocenters. The predicted molar refractivity (Wildman–Crippen MR) is 95.5 cm³/mol. The fourth-order valence-electron chi connectivity index (χ4n) is 2.98. The molecular weight excluding hydrogens is 354 g/mol. The maximum Gasteiger partial charge on any atom is 0.317 e. The van der Waals surface area contributed by atoms with Crippen LogP contribution in [-0.4, -0.2) is 28.4 Å². The van der Waals surface area contributed by atoms with Gasteiger partial charge < -0.3 is 9.84 Å². The Morgan fingerprint density at radius 1 is 1.41 bits per heavy atom. The number of benzene rings is 1. The molecular formula is C18H21N3O6. The molecule has 0 spiro atoms. The number of rotatable bonds is 5. The number of aliphatic hydroxyl groups is 1. The van der Waals surface area contributed by atoms with Crippen molar-refractivity contribution in [3.8, 4) is 0 Å². The van der Waals surface area contributed by atoms with Gasteiger partial charge in [-0.05, 0) is 30.9 Å². The van der Waals surface area contributed by atoms with E-state index in [2.05, 4.69) is 10.2 Å². The summed E-state index contributed by atoms with van der Waals surface area (Å²) in [6, 6.07) is 4.34. The third-order valence-corrected chi connectivity index (χ3v) is 4.29. The van der Waals surface area contributed by atoms with Crippen molar-refractivity contribution in [1.29, 1.82) is 0 Å². The Morgan fingerprint density at radius 2 is 2.07 bits per heavy atom. The van der Waals surface area contributed by atoms with E-state index in [1.165, 1.54) is 12.1 Å². The second-order valence-electron chi connectivity index (χ2n) is 6.96. The van der Waals surface area contributed by atoms with Gasteiger partial charge in [0.1, 0.15) is 11.7 Å². The van der Waals surface area contributed by atoms with Crippen molar-refractivity contribution in [2.75, 3.05) is 6.61 Å². The largest absolute Gasteiger partial charge is 0.509 e. The van der Waals surface area contributed by atoms with Gasteiger partial charge in [0.2, 0.25) is 0 Å². The van der Waals surface area contributed by atoms with Crippen LogP contribution >= 0.6 is 0 Å². The van der Waals surface area contributed by atoms with Gasteiger partial charge in [0.25, 0.3) is 5.69 Å². The number of esters is 1. The lowest BCUT2D eigenvalue weighted by molar-refractivity contribution is -0.384. The number of carbonyl (C=O) groups is 2. The van der Waals surface area contributed by atoms with Crippen LogP contribution in [-0.2, 0) is 14.3 Å². The highest BCUT2D eigenvalue weighted by molar-refractivity contribution is 5.99. The third-order valence-electron chi connectivity index (χ3n) is 4.29. The van der Waals surface area contributed by atoms with Gasteiger partial charge in [-0.1, -0.05) is 19.9 Å². The molecule has 1 aromatic rings. The van der Waals surface area contributed by atoms with E-state index < -0.39 is 33.8 Å². The van der Waals surface area contributed by atoms with Gasteiger partial charge in [-0.3, -0.25) is 19.7 Å². The molecule has 0 heterocycles. The van der Waals surface area contributed by atoms with E-state index in [0.29, 0.717) is 5.56 Å². The monoisotopic (exact) mass is 375 g/mol. The molecule has 1 aromatic carbocycles. The molecule has 1 atom stereocenters. The number of hydrogen-bond donors (Lipinski definition) is 1. The number of azo groups is 1. The number of nitro groups is 1. The average Bonchev–Trinajstić information content (AvgIpc) is 2.54. The standard InChI is InChI=1S/C18H21N3O6/c1-5-27-17(24)14-16(23)15(13(22)9-18(14,3)4)20-19-11-7-6-10(2)8-12(11)21(25)26/h6-8,14,23H,5,9H2,1-4H3/b20-19+. The summed E-state index contributed by atoms with van der Waals surface area (Å²) in [5.41, 5.74) is -0.911. The molecule has 0 aliphatic heterocycles. The molecule has 0 amide bonds. The van der Waals surface area contributed by atoms with E-state index in [4.69, 9.17) is 4.74 Å². The van der Waals surface area contributed by atoms with Crippen LogP contribution in [0, 0.1) is 28.4 Å². The number of nitrogens with zero attached hydrogens (tertiary/aromatic N) is 3. The van der Waals surface area contributed by atoms with Crippen LogP contribution in [0.2, 0.25) is 0 Å². The number of carbonyl (C=O) groups excluding carboxylic acids is 2. The molecule has 1 aliphatic rings. The average molecular weight is 375 g/mol. The van der Waals surface area contributed by atoms with Gasteiger partial charge in [-0.25, -0.2) is 0 Å². The Labute approximate surface area is 155 Å². The summed E-state index contributed by atoms with van der Waals surface area (Å²) in [5, 5.41) is 29.2. The van der Waals surface area contributed by atoms with Crippen molar-refractivity contribution in [3.05, 3.63) is 45.3 Å². The van der Waals surface area contributed by atoms with Gasteiger partial charge in [0.15, 0.2) is 17.2 Å². The fraction of sp³-hybridized carbons (Fsp3) is 0.444. The topological polar surface area (TPSA) is 131 Å². The van der Waals surface area contributed by atoms with Crippen molar-refractivity contribution in [2.45, 2.75) is 34.1 Å². The van der Waals surface area contributed by atoms with Crippen LogP contribution in [0.25, 0.3) is 0 Å². The zero-order chi connectivity index (χ0) is 20.4. The molecule has 144 valence electrons. The zero-order valence-corrected chi connectivity index (χ0v) is 15.6. The second-order valence-corrected chi connectivity index (χ2v) is 6.96. The number of ketones is 1. The van der Waals surface area contributed by atoms with Gasteiger partial charge in [0.05, 0.1) is 11.5 Å². The molecule has 0 aromatic heterocycles. The van der Waals surface area contributed by atoms with E-state index >= 15 is 0 Å². The van der Waals surface area contributed by atoms with Crippen LogP contribution in [0.5, 0.6) is 0 Å². The molecule has 1 aliphatic carbocycles. The smallest absolute Gasteiger partial charge is 0.317 e. The zero-order valence-electron chi connectivity index (χ0n) is 15.6. The number of hydrogen-bond acceptors (Lipinski definition) is 8. The number of aryl methyl sites for hydroxylation is 1. The molecule has 0 radical (unpaired) electrons. The molecule has 9 nitrogen and oxygen atoms in total. The summed E-state index contributed by atoms with van der Waals surface area (Å²) in [7, 11) is 0. The van der Waals surface area contributed by atoms with Crippen molar-refractivity contribution in [2.24, 2.45) is 21.6 Å². The minimum Gasteiger partial charge on any atom is -0.509 e. The minimum absolute atomic E-state index is 0.0507. The molecule has 1 N–H and O–H groups in total. The number of ether oxygens (including phenoxy) is 1. The van der Waals surface area contributed by atoms with Gasteiger partial charge in [-0.2, -0.15) is 0 Å². The highest BCUT2D eigenvalue weighted by Crippen LogP contribution is 2.43. The maximum atomic E-state index is 12.4. The number of Topliss-reactive ketones (excluding diaryl/α,β-unsaturated/α-hetero) is 1. The summed E-state index contributed by atoms with van der Waals surface area (Å²) in [4.78, 5) is 35.2. The summed E-state index contributed by atoms with van der Waals surface area (Å²) >= 11 is 0. The van der Waals surface area contributed by atoms with Crippen LogP contribution in [0.15, 0.2) is 39.9 Å². The molecule has 2 rings (SSSR count). The second kappa shape index (κ2) is 7.65. The number of aliphatic hydroxyl groups excluding tert-OH is 1. The Kier molecular flexibility index (Phi) is 5.72. The lowest BCUT2D eigenvalue weighted by Gasteiger charge is -2.35. The van der Waals surface area contributed by atoms with Crippen molar-refractivity contribution >= 4 is 23.1 Å². The van der Waals surface area contributed by atoms with Crippen LogP contribution in [0.3, 0.4) is 0 Å². The van der Waals surface area contributed by atoms with Gasteiger partial charge >= 0.3 is 5.97 Å². The summed E-state index contributed by atoms with van der Waals surface area (Å²) in [6.07, 6.45) is -0.0507. The normalized spacial score (nSPS) is 19.4. The Balaban J connectivity index is 2.49. The Bertz CT molecular complexity index is 857. The maximum absolute atomic E-state index is 12.4. The van der Waals surface area contributed by atoms with Crippen molar-refractivity contribution in [1.82, 2.24) is 0 Å². The lowest BCUT2D eigenvalue weighted by Crippen LogP contribution is -2.40. The highest BCUT2D eigenvalue weighted by atomic mass is 16.6. The minimum atomic E-state index is -1.07. The van der Waals surface area contributed by atoms with Crippen LogP contribution in [0.1, 0.15) is 32.8 Å². The molecule has 0 saturated carbocycles. The molecule has 0 bridgehead atoms. The molecule has 27 heavy (non-hydrogen) atoms. The molecule has 0 fully saturated rings. The van der Waals surface area contributed by atoms with Gasteiger partial charge in [0, 0.05) is 12.5 Å². The van der Waals surface area contributed by atoms with E-state index in [1.54, 1.807) is 33.8 Å². The first-order chi connectivity index (χ1) is 12.6. The quantitative estimate of drug-likeness (QED) is 0.359. The number of nitro benzene ring substituents is 1. The Hall–Kier alpha value is -3.10. The first-order valence-electron chi connectivity index (χ1n) is 8.38. The number of allylic oxidation sites excluding steroid dienone is 1. The highest BCUT2D eigenvalue weighted by Gasteiger charge is 2.47. The van der Waals surface area contributed by atoms with Crippen molar-refractivity contribution < 1.29 is 24.4 Å². The van der Waals surface area contributed by atoms with E-state index in [0.717, 1.165) is 0 Å². The Morgan fingerprint density at radius 3 is 2.67 bits per heavy atom. The molecule has 9 heteroatoms. The van der Waals surface area contributed by atoms with E-state index in [-0.39, 0.29) is 30.1 Å². The first kappa shape index (κ1) is 20.2. The fourth-order valence-corrected chi connectivity index (χ4v) is 2.98. The summed E-state index contributed by atoms with van der Waals surface area (Å²) < 4.78 is 4.99. The summed E-state index contributed by atoms with van der Waals surface area (Å²) in [5.74, 6) is -2.77. The first-order valence-corrected chi connectivity index (χ1v) is 8.38.